The van der Waals surface area contributed by atoms with Gasteiger partial charge in [-0.3, -0.25) is 0 Å². The van der Waals surface area contributed by atoms with Gasteiger partial charge in [0.25, 0.3) is 0 Å². The number of furan rings is 1. The smallest absolute Gasteiger partial charge is 0.333 e. The number of thiophene rings is 1. The van der Waals surface area contributed by atoms with Crippen LogP contribution < -0.4 is 20.6 Å². The molecule has 13 rings (SSSR count). The Morgan fingerprint density at radius 2 is 1.27 bits per heavy atom. The van der Waals surface area contributed by atoms with Crippen molar-refractivity contribution in [1.82, 2.24) is 0 Å². The van der Waals surface area contributed by atoms with Gasteiger partial charge < -0.3 is 14.1 Å². The van der Waals surface area contributed by atoms with Crippen LogP contribution in [0.5, 0.6) is 0 Å². The summed E-state index contributed by atoms with van der Waals surface area (Å²) in [6.07, 6.45) is 0. The van der Waals surface area contributed by atoms with E-state index in [1.54, 1.807) is 0 Å². The number of fused-ring (bicyclic) bond motifs is 12. The predicted molar refractivity (Wildman–Crippen MR) is 283 cm³/mol. The molecule has 3 nitrogen and oxygen atoms in total. The summed E-state index contributed by atoms with van der Waals surface area (Å²) < 4.78 is 8.54. The zero-order valence-electron chi connectivity index (χ0n) is 38.9. The third-order valence-electron chi connectivity index (χ3n) is 15.0. The summed E-state index contributed by atoms with van der Waals surface area (Å²) in [6.45, 7) is 18.5. The molecule has 5 heteroatoms. The maximum atomic E-state index is 7.26. The summed E-state index contributed by atoms with van der Waals surface area (Å²) in [7, 11) is 0. The van der Waals surface area contributed by atoms with E-state index >= 15 is 0 Å². The van der Waals surface area contributed by atoms with Crippen molar-refractivity contribution < 1.29 is 4.42 Å². The first-order chi connectivity index (χ1) is 31.8. The zero-order chi connectivity index (χ0) is 45.0. The predicted octanol–water partition coefficient (Wildman–Crippen LogP) is 16.1. The lowest BCUT2D eigenvalue weighted by Crippen LogP contribution is -2.61. The highest BCUT2D eigenvalue weighted by molar-refractivity contribution is 7.17. The second kappa shape index (κ2) is 13.6. The molecule has 0 unspecified atom stereocenters. The van der Waals surface area contributed by atoms with Crippen molar-refractivity contribution in [3.8, 4) is 33.4 Å². The molecule has 1 aliphatic carbocycles. The zero-order valence-corrected chi connectivity index (χ0v) is 39.7. The molecule has 66 heavy (non-hydrogen) atoms. The monoisotopic (exact) mass is 870 g/mol. The summed E-state index contributed by atoms with van der Waals surface area (Å²) in [4.78, 5) is 5.26. The molecular formula is C61H51BN2OS. The van der Waals surface area contributed by atoms with Crippen LogP contribution in [-0.4, -0.2) is 6.85 Å². The van der Waals surface area contributed by atoms with Gasteiger partial charge in [-0.05, 0) is 144 Å². The Kier molecular flexibility index (Phi) is 8.16. The highest BCUT2D eigenvalue weighted by atomic mass is 32.1. The van der Waals surface area contributed by atoms with E-state index in [2.05, 4.69) is 228 Å². The number of nitrogens with zero attached hydrogens (tertiary/aromatic N) is 2. The highest BCUT2D eigenvalue weighted by Gasteiger charge is 2.49. The van der Waals surface area contributed by atoms with Crippen LogP contribution in [-0.2, 0) is 16.2 Å². The molecule has 0 atom stereocenters. The number of hydrogen-bond acceptors (Lipinski definition) is 4. The van der Waals surface area contributed by atoms with Crippen LogP contribution in [0, 0.1) is 0 Å². The van der Waals surface area contributed by atoms with Crippen molar-refractivity contribution in [2.45, 2.75) is 71.6 Å². The Bertz CT molecular complexity index is 3660. The molecule has 0 fully saturated rings. The highest BCUT2D eigenvalue weighted by Crippen LogP contribution is 2.57. The molecule has 0 saturated carbocycles. The minimum Gasteiger partial charge on any atom is -0.454 e. The standard InChI is InChI=1S/C61H51BN2OS/c1-59(2,3)38-22-25-40(26-23-38)64-52-34-49-44(41-18-12-14-20-48(41)61(49,7)8)32-45(52)46-33-47-42-19-13-15-21-54(42)65-58(47)57-56(46)62(64)50-35-55-37(28-29-66-55)30-53(50)63(57)51-27-24-39(60(4,5)6)31-43(51)36-16-10-9-11-17-36/h9-35H,1-8H3. The Labute approximate surface area is 392 Å². The minimum absolute atomic E-state index is 0.0172. The van der Waals surface area contributed by atoms with E-state index in [1.165, 1.54) is 93.7 Å². The summed E-state index contributed by atoms with van der Waals surface area (Å²) in [6, 6.07) is 60.0. The molecule has 2 aromatic heterocycles. The fraction of sp³-hybridized carbons (Fsp3) is 0.180. The lowest BCUT2D eigenvalue weighted by Gasteiger charge is -2.46. The second-order valence-corrected chi connectivity index (χ2v) is 22.3. The minimum atomic E-state index is -0.170. The fourth-order valence-corrected chi connectivity index (χ4v) is 12.4. The summed E-state index contributed by atoms with van der Waals surface area (Å²) >= 11 is 1.82. The van der Waals surface area contributed by atoms with Gasteiger partial charge in [-0.1, -0.05) is 146 Å². The van der Waals surface area contributed by atoms with Crippen LogP contribution in [0.2, 0.25) is 0 Å². The molecule has 0 N–H and O–H groups in total. The average Bonchev–Trinajstić information content (AvgIpc) is 4.00. The van der Waals surface area contributed by atoms with Crippen LogP contribution in [0.15, 0.2) is 168 Å². The first-order valence-electron chi connectivity index (χ1n) is 23.4. The van der Waals surface area contributed by atoms with Crippen LogP contribution in [0.25, 0.3) is 65.4 Å². The van der Waals surface area contributed by atoms with E-state index in [-0.39, 0.29) is 23.1 Å². The van der Waals surface area contributed by atoms with Crippen LogP contribution in [0.4, 0.5) is 28.4 Å². The fourth-order valence-electron chi connectivity index (χ4n) is 11.5. The summed E-state index contributed by atoms with van der Waals surface area (Å²) in [5.74, 6) is 0. The molecular weight excluding hydrogens is 820 g/mol. The maximum Gasteiger partial charge on any atom is 0.333 e. The van der Waals surface area contributed by atoms with E-state index in [9.17, 15) is 0 Å². The van der Waals surface area contributed by atoms with Crippen LogP contribution in [0.3, 0.4) is 0 Å². The van der Waals surface area contributed by atoms with E-state index in [1.807, 2.05) is 11.3 Å². The molecule has 0 radical (unpaired) electrons. The van der Waals surface area contributed by atoms with Crippen molar-refractivity contribution in [1.29, 1.82) is 0 Å². The van der Waals surface area contributed by atoms with Crippen molar-refractivity contribution in [2.24, 2.45) is 0 Å². The molecule has 0 spiro atoms. The van der Waals surface area contributed by atoms with Gasteiger partial charge in [-0.15, -0.1) is 11.3 Å². The van der Waals surface area contributed by atoms with E-state index in [0.29, 0.717) is 0 Å². The number of anilines is 5. The van der Waals surface area contributed by atoms with Gasteiger partial charge in [-0.2, -0.15) is 0 Å². The van der Waals surface area contributed by atoms with Crippen molar-refractivity contribution in [3.63, 3.8) is 0 Å². The van der Waals surface area contributed by atoms with Gasteiger partial charge in [0.15, 0.2) is 5.58 Å². The van der Waals surface area contributed by atoms with Gasteiger partial charge in [0.2, 0.25) is 0 Å². The van der Waals surface area contributed by atoms with Crippen LogP contribution >= 0.6 is 11.3 Å². The molecule has 0 bridgehead atoms. The molecule has 320 valence electrons. The van der Waals surface area contributed by atoms with Crippen molar-refractivity contribution in [3.05, 3.63) is 185 Å². The average molecular weight is 871 g/mol. The van der Waals surface area contributed by atoms with Gasteiger partial charge in [-0.25, -0.2) is 0 Å². The maximum absolute atomic E-state index is 7.26. The third-order valence-corrected chi connectivity index (χ3v) is 15.9. The van der Waals surface area contributed by atoms with E-state index in [0.717, 1.165) is 33.3 Å². The third kappa shape index (κ3) is 5.56. The van der Waals surface area contributed by atoms with Crippen LogP contribution in [0.1, 0.15) is 77.6 Å². The topological polar surface area (TPSA) is 19.6 Å². The molecule has 3 aliphatic rings. The molecule has 4 heterocycles. The molecule has 10 aromatic rings. The largest absolute Gasteiger partial charge is 0.454 e. The number of hydrogen-bond donors (Lipinski definition) is 0. The SMILES string of the molecule is CC(C)(C)c1ccc(N2B3c4cc5sccc5cc4N(c4ccc(C(C)(C)C)cc4-c4ccccc4)c4c3c(cc3c4oc4ccccc43)-c3cc4c(cc32)C(C)(C)c2ccccc2-4)cc1. The van der Waals surface area contributed by atoms with Gasteiger partial charge in [0.1, 0.15) is 5.58 Å². The van der Waals surface area contributed by atoms with Crippen molar-refractivity contribution in [2.75, 3.05) is 9.71 Å². The Hall–Kier alpha value is -6.82. The normalized spacial score (nSPS) is 14.7. The number of para-hydroxylation sites is 1. The first-order valence-corrected chi connectivity index (χ1v) is 24.3. The van der Waals surface area contributed by atoms with Gasteiger partial charge in [0.05, 0.1) is 11.4 Å². The van der Waals surface area contributed by atoms with E-state index < -0.39 is 0 Å². The second-order valence-electron chi connectivity index (χ2n) is 21.4. The lowest BCUT2D eigenvalue weighted by atomic mass is 9.43. The first kappa shape index (κ1) is 39.5. The lowest BCUT2D eigenvalue weighted by molar-refractivity contribution is 0.590. The number of rotatable bonds is 3. The Morgan fingerprint density at radius 3 is 2.06 bits per heavy atom. The molecule has 2 aliphatic heterocycles. The summed E-state index contributed by atoms with van der Waals surface area (Å²) in [5, 5.41) is 5.74. The quantitative estimate of drug-likeness (QED) is 0.165. The summed E-state index contributed by atoms with van der Waals surface area (Å²) in [5.41, 5.74) is 22.9. The van der Waals surface area contributed by atoms with Crippen molar-refractivity contribution >= 4 is 89.6 Å². The Balaban J connectivity index is 1.21. The number of benzene rings is 8. The molecule has 8 aromatic carbocycles. The molecule has 0 amide bonds. The Morgan fingerprint density at radius 1 is 0.545 bits per heavy atom. The van der Waals surface area contributed by atoms with Gasteiger partial charge in [0, 0.05) is 49.1 Å². The van der Waals surface area contributed by atoms with Gasteiger partial charge >= 0.3 is 6.85 Å². The van der Waals surface area contributed by atoms with E-state index in [4.69, 9.17) is 4.42 Å². The molecule has 0 saturated heterocycles.